The van der Waals surface area contributed by atoms with Gasteiger partial charge in [-0.2, -0.15) is 0 Å². The Kier molecular flexibility index (Phi) is 11.1. The Bertz CT molecular complexity index is 1560. The van der Waals surface area contributed by atoms with Gasteiger partial charge in [-0.25, -0.2) is 0 Å². The molecule has 0 unspecified atom stereocenters. The van der Waals surface area contributed by atoms with Crippen LogP contribution in [0.4, 0.5) is 11.4 Å². The number of carbonyl (C=O) groups excluding carboxylic acids is 3. The first kappa shape index (κ1) is 33.6. The summed E-state index contributed by atoms with van der Waals surface area (Å²) < 4.78 is 0.744. The van der Waals surface area contributed by atoms with E-state index in [0.717, 1.165) is 47.0 Å². The highest BCUT2D eigenvalue weighted by atomic mass is 79.9. The van der Waals surface area contributed by atoms with E-state index in [1.165, 1.54) is 0 Å². The second kappa shape index (κ2) is 15.2. The summed E-state index contributed by atoms with van der Waals surface area (Å²) in [7, 11) is 0. The zero-order valence-corrected chi connectivity index (χ0v) is 27.9. The molecule has 0 saturated carbocycles. The predicted molar refractivity (Wildman–Crippen MR) is 183 cm³/mol. The van der Waals surface area contributed by atoms with E-state index in [4.69, 9.17) is 0 Å². The number of carbonyl (C=O) groups is 3. The first-order valence-corrected chi connectivity index (χ1v) is 16.8. The molecule has 2 aliphatic heterocycles. The van der Waals surface area contributed by atoms with Crippen LogP contribution in [0.1, 0.15) is 62.1 Å². The molecule has 0 aliphatic carbocycles. The normalized spacial score (nSPS) is 19.2. The maximum atomic E-state index is 14.0. The average molecular weight is 689 g/mol. The van der Waals surface area contributed by atoms with Crippen LogP contribution in [0.5, 0.6) is 0 Å². The van der Waals surface area contributed by atoms with Gasteiger partial charge in [-0.3, -0.25) is 14.4 Å². The number of aliphatic hydroxyl groups is 2. The molecule has 0 aromatic heterocycles. The van der Waals surface area contributed by atoms with Crippen LogP contribution in [-0.2, 0) is 33.1 Å². The van der Waals surface area contributed by atoms with E-state index in [-0.39, 0.29) is 37.9 Å². The van der Waals surface area contributed by atoms with Gasteiger partial charge in [0.25, 0.3) is 5.91 Å². The Labute approximate surface area is 279 Å². The number of hydrogen-bond acceptors (Lipinski definition) is 5. The van der Waals surface area contributed by atoms with Crippen molar-refractivity contribution in [2.45, 2.75) is 64.1 Å². The highest BCUT2D eigenvalue weighted by Gasteiger charge is 2.52. The molecule has 3 amide bonds. The molecule has 3 aromatic rings. The predicted octanol–water partition coefficient (Wildman–Crippen LogP) is 6.08. The molecule has 2 N–H and O–H groups in total. The van der Waals surface area contributed by atoms with Gasteiger partial charge < -0.3 is 24.9 Å². The van der Waals surface area contributed by atoms with Crippen molar-refractivity contribution in [1.82, 2.24) is 4.90 Å². The standard InChI is InChI=1S/C37H42BrN3O5/c1-27(10-9-14-34(43)39(22-23-42)25-28-11-5-4-6-12-28)37(46)32-24-30(38)17-20-33(32)41(36(37)45)26-29-15-18-31(19-16-29)40-21-8-3-2-7-13-35(40)44/h4-6,9-12,15-20,24,27,42,46H,2-3,7-8,13-14,21-23,25-26H2,1H3/b10-9+/t27-,37+/m1/s1. The number of nitrogens with zero attached hydrogens (tertiary/aromatic N) is 3. The fourth-order valence-corrected chi connectivity index (χ4v) is 6.69. The van der Waals surface area contributed by atoms with Gasteiger partial charge in [0.1, 0.15) is 0 Å². The first-order chi connectivity index (χ1) is 22.2. The Hall–Kier alpha value is -3.79. The Morgan fingerprint density at radius 1 is 1.00 bits per heavy atom. The molecular formula is C37H42BrN3O5. The van der Waals surface area contributed by atoms with Crippen molar-refractivity contribution in [3.05, 3.63) is 106 Å². The third kappa shape index (κ3) is 7.43. The topological polar surface area (TPSA) is 101 Å². The maximum absolute atomic E-state index is 14.0. The number of anilines is 2. The monoisotopic (exact) mass is 687 g/mol. The lowest BCUT2D eigenvalue weighted by molar-refractivity contribution is -0.139. The minimum atomic E-state index is -1.83. The van der Waals surface area contributed by atoms with Crippen LogP contribution in [0.15, 0.2) is 89.4 Å². The minimum Gasteiger partial charge on any atom is -0.395 e. The molecule has 1 saturated heterocycles. The molecule has 9 heteroatoms. The number of fused-ring (bicyclic) bond motifs is 1. The molecule has 2 heterocycles. The van der Waals surface area contributed by atoms with E-state index >= 15 is 0 Å². The van der Waals surface area contributed by atoms with E-state index in [1.807, 2.05) is 71.6 Å². The molecule has 2 atom stereocenters. The lowest BCUT2D eigenvalue weighted by Crippen LogP contribution is -2.44. The van der Waals surface area contributed by atoms with Crippen LogP contribution in [0.25, 0.3) is 0 Å². The van der Waals surface area contributed by atoms with Crippen molar-refractivity contribution >= 4 is 45.0 Å². The van der Waals surface area contributed by atoms with Gasteiger partial charge in [0.2, 0.25) is 11.8 Å². The Morgan fingerprint density at radius 3 is 2.48 bits per heavy atom. The van der Waals surface area contributed by atoms with Gasteiger partial charge in [-0.15, -0.1) is 0 Å². The van der Waals surface area contributed by atoms with Crippen LogP contribution in [0.3, 0.4) is 0 Å². The van der Waals surface area contributed by atoms with Crippen LogP contribution >= 0.6 is 15.9 Å². The van der Waals surface area contributed by atoms with Crippen molar-refractivity contribution in [2.24, 2.45) is 5.92 Å². The zero-order chi connectivity index (χ0) is 32.7. The zero-order valence-electron chi connectivity index (χ0n) is 26.3. The van der Waals surface area contributed by atoms with E-state index in [0.29, 0.717) is 30.8 Å². The molecular weight excluding hydrogens is 646 g/mol. The van der Waals surface area contributed by atoms with E-state index in [1.54, 1.807) is 34.9 Å². The summed E-state index contributed by atoms with van der Waals surface area (Å²) in [6.07, 6.45) is 8.17. The van der Waals surface area contributed by atoms with Crippen LogP contribution in [0.2, 0.25) is 0 Å². The van der Waals surface area contributed by atoms with Gasteiger partial charge >= 0.3 is 0 Å². The summed E-state index contributed by atoms with van der Waals surface area (Å²) in [6.45, 7) is 3.20. The largest absolute Gasteiger partial charge is 0.395 e. The summed E-state index contributed by atoms with van der Waals surface area (Å²) in [6, 6.07) is 22.8. The van der Waals surface area contributed by atoms with E-state index < -0.39 is 17.4 Å². The minimum absolute atomic E-state index is 0.0718. The van der Waals surface area contributed by atoms with Crippen LogP contribution < -0.4 is 9.80 Å². The van der Waals surface area contributed by atoms with Crippen LogP contribution in [-0.4, -0.2) is 52.5 Å². The molecule has 0 bridgehead atoms. The van der Waals surface area contributed by atoms with Gasteiger partial charge in [0.15, 0.2) is 5.60 Å². The SMILES string of the molecule is C[C@H](/C=C/CC(=O)N(CCO)Cc1ccccc1)[C@@]1(O)C(=O)N(Cc2ccc(N3CCCCCCC3=O)cc2)c2ccc(Br)cc21. The number of benzene rings is 3. The third-order valence-electron chi connectivity index (χ3n) is 8.96. The van der Waals surface area contributed by atoms with E-state index in [9.17, 15) is 24.6 Å². The second-order valence-corrected chi connectivity index (χ2v) is 13.1. The fraction of sp³-hybridized carbons (Fsp3) is 0.378. The molecule has 0 spiro atoms. The van der Waals surface area contributed by atoms with Crippen LogP contribution in [0, 0.1) is 5.92 Å². The number of rotatable bonds is 11. The summed E-state index contributed by atoms with van der Waals surface area (Å²) in [5.41, 5.74) is 2.01. The smallest absolute Gasteiger partial charge is 0.264 e. The van der Waals surface area contributed by atoms with Gasteiger partial charge in [-0.1, -0.05) is 90.3 Å². The Morgan fingerprint density at radius 2 is 1.74 bits per heavy atom. The number of halogens is 1. The van der Waals surface area contributed by atoms with Crippen molar-refractivity contribution in [3.8, 4) is 0 Å². The number of amides is 3. The molecule has 8 nitrogen and oxygen atoms in total. The third-order valence-corrected chi connectivity index (χ3v) is 9.45. The molecule has 46 heavy (non-hydrogen) atoms. The first-order valence-electron chi connectivity index (χ1n) is 16.0. The quantitative estimate of drug-likeness (QED) is 0.238. The molecule has 0 radical (unpaired) electrons. The van der Waals surface area contributed by atoms with Crippen molar-refractivity contribution in [1.29, 1.82) is 0 Å². The van der Waals surface area contributed by atoms with Gasteiger partial charge in [0, 0.05) is 54.1 Å². The maximum Gasteiger partial charge on any atom is 0.264 e. The van der Waals surface area contributed by atoms with Crippen molar-refractivity contribution in [3.63, 3.8) is 0 Å². The lowest BCUT2D eigenvalue weighted by Gasteiger charge is -2.28. The highest BCUT2D eigenvalue weighted by Crippen LogP contribution is 2.46. The van der Waals surface area contributed by atoms with Crippen molar-refractivity contribution < 1.29 is 24.6 Å². The van der Waals surface area contributed by atoms with Crippen molar-refractivity contribution in [2.75, 3.05) is 29.5 Å². The number of hydrogen-bond donors (Lipinski definition) is 2. The second-order valence-electron chi connectivity index (χ2n) is 12.1. The summed E-state index contributed by atoms with van der Waals surface area (Å²) in [5.74, 6) is -1.07. The lowest BCUT2D eigenvalue weighted by atomic mass is 9.83. The molecule has 1 fully saturated rings. The summed E-state index contributed by atoms with van der Waals surface area (Å²) in [4.78, 5) is 44.9. The fourth-order valence-electron chi connectivity index (χ4n) is 6.33. The van der Waals surface area contributed by atoms with E-state index in [2.05, 4.69) is 15.9 Å². The van der Waals surface area contributed by atoms with Gasteiger partial charge in [-0.05, 0) is 54.3 Å². The Balaban J connectivity index is 1.30. The molecule has 2 aliphatic rings. The summed E-state index contributed by atoms with van der Waals surface area (Å²) in [5, 5.41) is 21.6. The molecule has 242 valence electrons. The molecule has 3 aromatic carbocycles. The summed E-state index contributed by atoms with van der Waals surface area (Å²) >= 11 is 3.50. The molecule has 5 rings (SSSR count). The number of aliphatic hydroxyl groups excluding tert-OH is 1. The average Bonchev–Trinajstić information content (AvgIpc) is 3.25. The highest BCUT2D eigenvalue weighted by molar-refractivity contribution is 9.10. The van der Waals surface area contributed by atoms with Gasteiger partial charge in [0.05, 0.1) is 18.8 Å².